The van der Waals surface area contributed by atoms with Gasteiger partial charge in [-0.25, -0.2) is 8.42 Å². The summed E-state index contributed by atoms with van der Waals surface area (Å²) in [5.41, 5.74) is 1.23. The molecule has 10 heteroatoms. The molecule has 1 aromatic heterocycles. The minimum atomic E-state index is -4.64. The summed E-state index contributed by atoms with van der Waals surface area (Å²) in [7, 11) is -4.12. The molecule has 0 N–H and O–H groups in total. The number of piperazine rings is 1. The van der Waals surface area contributed by atoms with E-state index in [-0.39, 0.29) is 37.8 Å². The number of carbonyl (C=O) groups is 1. The zero-order chi connectivity index (χ0) is 23.3. The second-order valence-electron chi connectivity index (χ2n) is 7.73. The average Bonchev–Trinajstić information content (AvgIpc) is 3.11. The van der Waals surface area contributed by atoms with E-state index in [1.807, 2.05) is 25.1 Å². The molecular formula is C22H21F3N2O4S. The summed E-state index contributed by atoms with van der Waals surface area (Å²) >= 11 is 0. The fourth-order valence-electron chi connectivity index (χ4n) is 3.85. The maximum absolute atomic E-state index is 13.0. The molecule has 0 saturated carbocycles. The Hall–Kier alpha value is -2.85. The number of furan rings is 1. The number of halogens is 3. The van der Waals surface area contributed by atoms with Crippen molar-refractivity contribution in [1.82, 2.24) is 9.21 Å². The number of alkyl halides is 3. The topological polar surface area (TPSA) is 70.8 Å². The number of para-hydroxylation sites is 1. The second-order valence-corrected chi connectivity index (χ2v) is 9.67. The number of benzene rings is 2. The van der Waals surface area contributed by atoms with Crippen molar-refractivity contribution in [3.63, 3.8) is 0 Å². The molecule has 0 aliphatic carbocycles. The molecule has 1 aliphatic rings. The van der Waals surface area contributed by atoms with Crippen molar-refractivity contribution in [2.75, 3.05) is 26.2 Å². The highest BCUT2D eigenvalue weighted by Crippen LogP contribution is 2.32. The van der Waals surface area contributed by atoms with Crippen LogP contribution in [0.5, 0.6) is 0 Å². The Labute approximate surface area is 183 Å². The lowest BCUT2D eigenvalue weighted by Crippen LogP contribution is -2.50. The van der Waals surface area contributed by atoms with Gasteiger partial charge in [0.05, 0.1) is 10.5 Å². The van der Waals surface area contributed by atoms with Crippen LogP contribution in [0.15, 0.2) is 51.8 Å². The molecule has 0 spiro atoms. The van der Waals surface area contributed by atoms with Crippen LogP contribution in [0.4, 0.5) is 13.2 Å². The van der Waals surface area contributed by atoms with Gasteiger partial charge in [-0.15, -0.1) is 0 Å². The Morgan fingerprint density at radius 2 is 1.66 bits per heavy atom. The zero-order valence-electron chi connectivity index (χ0n) is 17.4. The van der Waals surface area contributed by atoms with E-state index in [0.717, 1.165) is 33.5 Å². The first kappa shape index (κ1) is 22.3. The van der Waals surface area contributed by atoms with Crippen LogP contribution in [0.25, 0.3) is 11.0 Å². The number of amides is 1. The second kappa shape index (κ2) is 7.93. The molecule has 4 rings (SSSR count). The third-order valence-electron chi connectivity index (χ3n) is 5.68. The van der Waals surface area contributed by atoms with E-state index in [1.165, 1.54) is 4.90 Å². The molecule has 170 valence electrons. The first-order chi connectivity index (χ1) is 15.0. The lowest BCUT2D eigenvalue weighted by Gasteiger charge is -2.33. The largest absolute Gasteiger partial charge is 0.450 e. The fraction of sp³-hybridized carbons (Fsp3) is 0.318. The minimum Gasteiger partial charge on any atom is -0.450 e. The van der Waals surface area contributed by atoms with Crippen LogP contribution in [0.2, 0.25) is 0 Å². The molecule has 0 radical (unpaired) electrons. The molecule has 1 fully saturated rings. The van der Waals surface area contributed by atoms with Crippen LogP contribution in [0.1, 0.15) is 27.2 Å². The molecule has 32 heavy (non-hydrogen) atoms. The van der Waals surface area contributed by atoms with E-state index < -0.39 is 26.7 Å². The van der Waals surface area contributed by atoms with Gasteiger partial charge in [0.1, 0.15) is 5.58 Å². The van der Waals surface area contributed by atoms with Crippen molar-refractivity contribution in [3.8, 4) is 0 Å². The predicted molar refractivity (Wildman–Crippen MR) is 112 cm³/mol. The molecule has 3 aromatic rings. The van der Waals surface area contributed by atoms with Crippen molar-refractivity contribution in [2.45, 2.75) is 24.9 Å². The van der Waals surface area contributed by atoms with Gasteiger partial charge < -0.3 is 9.32 Å². The minimum absolute atomic E-state index is 0.0252. The SMILES string of the molecule is Cc1c(C(=O)N2CCN(S(=O)(=O)c3cccc(C(F)(F)F)c3)CC2)oc2c(C)cccc12. The van der Waals surface area contributed by atoms with E-state index in [2.05, 4.69) is 0 Å². The lowest BCUT2D eigenvalue weighted by molar-refractivity contribution is -0.137. The smallest absolute Gasteiger partial charge is 0.416 e. The molecule has 0 unspecified atom stereocenters. The summed E-state index contributed by atoms with van der Waals surface area (Å²) in [6, 6.07) is 9.31. The van der Waals surface area contributed by atoms with E-state index in [1.54, 1.807) is 6.92 Å². The lowest BCUT2D eigenvalue weighted by atomic mass is 10.1. The van der Waals surface area contributed by atoms with E-state index >= 15 is 0 Å². The van der Waals surface area contributed by atoms with E-state index in [0.29, 0.717) is 17.2 Å². The van der Waals surface area contributed by atoms with Gasteiger partial charge in [-0.05, 0) is 37.6 Å². The van der Waals surface area contributed by atoms with Crippen LogP contribution in [-0.4, -0.2) is 49.7 Å². The van der Waals surface area contributed by atoms with Crippen LogP contribution >= 0.6 is 0 Å². The van der Waals surface area contributed by atoms with Crippen molar-refractivity contribution in [1.29, 1.82) is 0 Å². The summed E-state index contributed by atoms with van der Waals surface area (Å²) in [6.45, 7) is 3.84. The normalized spacial score (nSPS) is 16.0. The highest BCUT2D eigenvalue weighted by Gasteiger charge is 2.35. The fourth-order valence-corrected chi connectivity index (χ4v) is 5.31. The van der Waals surface area contributed by atoms with Crippen molar-refractivity contribution < 1.29 is 30.8 Å². The maximum atomic E-state index is 13.0. The van der Waals surface area contributed by atoms with Gasteiger partial charge in [0.15, 0.2) is 5.76 Å². The number of sulfonamides is 1. The molecule has 1 aliphatic heterocycles. The quantitative estimate of drug-likeness (QED) is 0.580. The Morgan fingerprint density at radius 3 is 2.28 bits per heavy atom. The number of aryl methyl sites for hydroxylation is 2. The van der Waals surface area contributed by atoms with E-state index in [4.69, 9.17) is 4.42 Å². The Kier molecular flexibility index (Phi) is 5.54. The summed E-state index contributed by atoms with van der Waals surface area (Å²) in [5, 5.41) is 0.846. The van der Waals surface area contributed by atoms with Crippen LogP contribution in [0.3, 0.4) is 0 Å². The molecule has 2 aromatic carbocycles. The zero-order valence-corrected chi connectivity index (χ0v) is 18.3. The van der Waals surface area contributed by atoms with Gasteiger partial charge in [-0.1, -0.05) is 24.3 Å². The highest BCUT2D eigenvalue weighted by molar-refractivity contribution is 7.89. The van der Waals surface area contributed by atoms with Crippen LogP contribution in [0, 0.1) is 13.8 Å². The van der Waals surface area contributed by atoms with Gasteiger partial charge in [-0.3, -0.25) is 4.79 Å². The highest BCUT2D eigenvalue weighted by atomic mass is 32.2. The van der Waals surface area contributed by atoms with Gasteiger partial charge in [0, 0.05) is 37.1 Å². The first-order valence-electron chi connectivity index (χ1n) is 9.95. The number of hydrogen-bond donors (Lipinski definition) is 0. The van der Waals surface area contributed by atoms with Crippen molar-refractivity contribution >= 4 is 26.9 Å². The maximum Gasteiger partial charge on any atom is 0.416 e. The average molecular weight is 466 g/mol. The van der Waals surface area contributed by atoms with Crippen molar-refractivity contribution in [3.05, 3.63) is 64.9 Å². The van der Waals surface area contributed by atoms with Gasteiger partial charge >= 0.3 is 6.18 Å². The Morgan fingerprint density at radius 1 is 1.00 bits per heavy atom. The molecular weight excluding hydrogens is 445 g/mol. The van der Waals surface area contributed by atoms with Crippen molar-refractivity contribution in [2.24, 2.45) is 0 Å². The summed E-state index contributed by atoms with van der Waals surface area (Å²) in [6.07, 6.45) is -4.64. The standard InChI is InChI=1S/C22H21F3N2O4S/c1-14-5-3-8-18-15(2)20(31-19(14)18)21(28)26-9-11-27(12-10-26)32(29,30)17-7-4-6-16(13-17)22(23,24)25/h3-8,13H,9-12H2,1-2H3. The van der Waals surface area contributed by atoms with Gasteiger partial charge in [0.25, 0.3) is 5.91 Å². The number of nitrogens with zero attached hydrogens (tertiary/aromatic N) is 2. The predicted octanol–water partition coefficient (Wildman–Crippen LogP) is 4.22. The number of fused-ring (bicyclic) bond motifs is 1. The van der Waals surface area contributed by atoms with Gasteiger partial charge in [-0.2, -0.15) is 17.5 Å². The molecule has 1 amide bonds. The molecule has 0 bridgehead atoms. The van der Waals surface area contributed by atoms with E-state index in [9.17, 15) is 26.4 Å². The van der Waals surface area contributed by atoms with Gasteiger partial charge in [0.2, 0.25) is 10.0 Å². The Bertz CT molecular complexity index is 1290. The molecule has 1 saturated heterocycles. The first-order valence-corrected chi connectivity index (χ1v) is 11.4. The third kappa shape index (κ3) is 3.88. The molecule has 2 heterocycles. The third-order valence-corrected chi connectivity index (χ3v) is 7.57. The Balaban J connectivity index is 1.51. The number of hydrogen-bond acceptors (Lipinski definition) is 4. The van der Waals surface area contributed by atoms with Crippen LogP contribution in [-0.2, 0) is 16.2 Å². The summed E-state index contributed by atoms with van der Waals surface area (Å²) in [4.78, 5) is 14.1. The number of rotatable bonds is 3. The molecule has 0 atom stereocenters. The number of carbonyl (C=O) groups excluding carboxylic acids is 1. The summed E-state index contributed by atoms with van der Waals surface area (Å²) < 4.78 is 71.6. The monoisotopic (exact) mass is 466 g/mol. The summed E-state index contributed by atoms with van der Waals surface area (Å²) in [5.74, 6) is -0.127. The van der Waals surface area contributed by atoms with Crippen LogP contribution < -0.4 is 0 Å². The molecule has 6 nitrogen and oxygen atoms in total.